The fourth-order valence-corrected chi connectivity index (χ4v) is 2.32. The third kappa shape index (κ3) is 3.17. The molecule has 2 atom stereocenters. The molecule has 1 amide bonds. The quantitative estimate of drug-likeness (QED) is 0.849. The molecular formula is C12H16ClN3O. The Morgan fingerprint density at radius 2 is 2.35 bits per heavy atom. The summed E-state index contributed by atoms with van der Waals surface area (Å²) < 4.78 is 0. The smallest absolute Gasteiger partial charge is 0.227 e. The molecule has 1 heterocycles. The van der Waals surface area contributed by atoms with Crippen LogP contribution in [-0.2, 0) is 4.79 Å². The maximum absolute atomic E-state index is 12.0. The third-order valence-corrected chi connectivity index (χ3v) is 3.44. The van der Waals surface area contributed by atoms with Crippen LogP contribution in [0.4, 0.5) is 5.69 Å². The van der Waals surface area contributed by atoms with Crippen LogP contribution < -0.4 is 11.1 Å². The Morgan fingerprint density at radius 3 is 3.06 bits per heavy atom. The van der Waals surface area contributed by atoms with Crippen molar-refractivity contribution in [3.05, 3.63) is 23.5 Å². The molecule has 2 unspecified atom stereocenters. The Hall–Kier alpha value is -1.13. The van der Waals surface area contributed by atoms with Crippen molar-refractivity contribution >= 4 is 23.2 Å². The summed E-state index contributed by atoms with van der Waals surface area (Å²) >= 11 is 5.96. The Labute approximate surface area is 106 Å². The summed E-state index contributed by atoms with van der Waals surface area (Å²) in [5.41, 5.74) is 6.44. The first-order valence-electron chi connectivity index (χ1n) is 5.83. The van der Waals surface area contributed by atoms with E-state index >= 15 is 0 Å². The molecule has 0 spiro atoms. The van der Waals surface area contributed by atoms with E-state index in [0.717, 1.165) is 25.7 Å². The molecule has 1 aliphatic carbocycles. The van der Waals surface area contributed by atoms with Crippen LogP contribution in [0.25, 0.3) is 0 Å². The van der Waals surface area contributed by atoms with Gasteiger partial charge in [-0.05, 0) is 25.3 Å². The van der Waals surface area contributed by atoms with Gasteiger partial charge in [0.05, 0.1) is 16.9 Å². The zero-order valence-corrected chi connectivity index (χ0v) is 10.3. The average molecular weight is 254 g/mol. The summed E-state index contributed by atoms with van der Waals surface area (Å²) in [7, 11) is 0. The number of hydrogen-bond donors (Lipinski definition) is 2. The van der Waals surface area contributed by atoms with Crippen molar-refractivity contribution in [3.8, 4) is 0 Å². The van der Waals surface area contributed by atoms with Crippen molar-refractivity contribution in [3.63, 3.8) is 0 Å². The van der Waals surface area contributed by atoms with Crippen molar-refractivity contribution < 1.29 is 4.79 Å². The van der Waals surface area contributed by atoms with E-state index < -0.39 is 0 Å². The highest BCUT2D eigenvalue weighted by molar-refractivity contribution is 6.33. The third-order valence-electron chi connectivity index (χ3n) is 3.11. The van der Waals surface area contributed by atoms with Gasteiger partial charge >= 0.3 is 0 Å². The van der Waals surface area contributed by atoms with Crippen molar-refractivity contribution in [2.45, 2.75) is 31.7 Å². The molecule has 0 saturated heterocycles. The zero-order chi connectivity index (χ0) is 12.3. The number of carbonyl (C=O) groups is 1. The van der Waals surface area contributed by atoms with E-state index in [0.29, 0.717) is 10.7 Å². The number of nitrogens with zero attached hydrogens (tertiary/aromatic N) is 1. The minimum absolute atomic E-state index is 0.00458. The van der Waals surface area contributed by atoms with E-state index in [-0.39, 0.29) is 17.9 Å². The van der Waals surface area contributed by atoms with Gasteiger partial charge in [-0.3, -0.25) is 9.78 Å². The number of halogens is 1. The van der Waals surface area contributed by atoms with Gasteiger partial charge in [-0.1, -0.05) is 18.0 Å². The fourth-order valence-electron chi connectivity index (χ4n) is 2.17. The molecule has 1 aliphatic rings. The molecule has 0 aromatic carbocycles. The number of nitrogens with one attached hydrogen (secondary N) is 1. The van der Waals surface area contributed by atoms with Gasteiger partial charge in [0.1, 0.15) is 0 Å². The lowest BCUT2D eigenvalue weighted by Crippen LogP contribution is -2.34. The predicted molar refractivity (Wildman–Crippen MR) is 67.8 cm³/mol. The van der Waals surface area contributed by atoms with Crippen molar-refractivity contribution in [2.24, 2.45) is 11.7 Å². The minimum atomic E-state index is -0.00461. The van der Waals surface area contributed by atoms with Crippen LogP contribution in [0.1, 0.15) is 25.7 Å². The van der Waals surface area contributed by atoms with E-state index in [2.05, 4.69) is 10.3 Å². The van der Waals surface area contributed by atoms with Crippen LogP contribution in [-0.4, -0.2) is 16.9 Å². The van der Waals surface area contributed by atoms with Crippen LogP contribution in [0.3, 0.4) is 0 Å². The normalized spacial score (nSPS) is 24.4. The average Bonchev–Trinajstić information content (AvgIpc) is 2.32. The molecule has 4 nitrogen and oxygen atoms in total. The van der Waals surface area contributed by atoms with Crippen LogP contribution >= 0.6 is 11.6 Å². The van der Waals surface area contributed by atoms with Crippen LogP contribution in [0.2, 0.25) is 5.02 Å². The first-order valence-corrected chi connectivity index (χ1v) is 6.20. The lowest BCUT2D eigenvalue weighted by Gasteiger charge is -2.25. The molecule has 0 bridgehead atoms. The monoisotopic (exact) mass is 253 g/mol. The number of nitrogens with two attached hydrogens (primary N) is 1. The standard InChI is InChI=1S/C12H16ClN3O/c13-10-4-5-15-7-11(10)16-12(17)8-2-1-3-9(14)6-8/h4-5,7-9H,1-3,6,14H2,(H,16,17). The van der Waals surface area contributed by atoms with E-state index in [4.69, 9.17) is 17.3 Å². The highest BCUT2D eigenvalue weighted by Crippen LogP contribution is 2.26. The van der Waals surface area contributed by atoms with Gasteiger partial charge in [0.25, 0.3) is 0 Å². The number of hydrogen-bond acceptors (Lipinski definition) is 3. The molecule has 1 aromatic rings. The molecular weight excluding hydrogens is 238 g/mol. The zero-order valence-electron chi connectivity index (χ0n) is 9.53. The number of aromatic nitrogens is 1. The highest BCUT2D eigenvalue weighted by atomic mass is 35.5. The Balaban J connectivity index is 1.99. The lowest BCUT2D eigenvalue weighted by atomic mass is 9.85. The highest BCUT2D eigenvalue weighted by Gasteiger charge is 2.25. The topological polar surface area (TPSA) is 68.0 Å². The van der Waals surface area contributed by atoms with Gasteiger partial charge in [0.15, 0.2) is 0 Å². The van der Waals surface area contributed by atoms with E-state index in [1.807, 2.05) is 0 Å². The molecule has 5 heteroatoms. The van der Waals surface area contributed by atoms with Gasteiger partial charge in [-0.25, -0.2) is 0 Å². The Kier molecular flexibility index (Phi) is 3.97. The van der Waals surface area contributed by atoms with Gasteiger partial charge in [-0.15, -0.1) is 0 Å². The molecule has 3 N–H and O–H groups in total. The summed E-state index contributed by atoms with van der Waals surface area (Å²) in [5.74, 6) is -0.00919. The number of amides is 1. The molecule has 17 heavy (non-hydrogen) atoms. The molecule has 0 radical (unpaired) electrons. The Morgan fingerprint density at radius 1 is 1.53 bits per heavy atom. The van der Waals surface area contributed by atoms with E-state index in [1.165, 1.54) is 0 Å². The molecule has 92 valence electrons. The van der Waals surface area contributed by atoms with Crippen molar-refractivity contribution in [2.75, 3.05) is 5.32 Å². The van der Waals surface area contributed by atoms with Crippen molar-refractivity contribution in [1.29, 1.82) is 0 Å². The minimum Gasteiger partial charge on any atom is -0.328 e. The maximum Gasteiger partial charge on any atom is 0.227 e. The maximum atomic E-state index is 12.0. The van der Waals surface area contributed by atoms with E-state index in [9.17, 15) is 4.79 Å². The number of carbonyl (C=O) groups excluding carboxylic acids is 1. The second kappa shape index (κ2) is 5.47. The van der Waals surface area contributed by atoms with Gasteiger partial charge in [0.2, 0.25) is 5.91 Å². The van der Waals surface area contributed by atoms with Crippen LogP contribution in [0.5, 0.6) is 0 Å². The Bertz CT molecular complexity index is 410. The summed E-state index contributed by atoms with van der Waals surface area (Å²) in [6.45, 7) is 0. The predicted octanol–water partition coefficient (Wildman–Crippen LogP) is 2.19. The van der Waals surface area contributed by atoms with Gasteiger partial charge in [-0.2, -0.15) is 0 Å². The fraction of sp³-hybridized carbons (Fsp3) is 0.500. The van der Waals surface area contributed by atoms with Gasteiger partial charge < -0.3 is 11.1 Å². The molecule has 0 aliphatic heterocycles. The molecule has 2 rings (SSSR count). The number of anilines is 1. The second-order valence-corrected chi connectivity index (χ2v) is 4.88. The van der Waals surface area contributed by atoms with Gasteiger partial charge in [0, 0.05) is 18.2 Å². The lowest BCUT2D eigenvalue weighted by molar-refractivity contribution is -0.120. The summed E-state index contributed by atoms with van der Waals surface area (Å²) in [6.07, 6.45) is 6.83. The SMILES string of the molecule is NC1CCCC(C(=O)Nc2cnccc2Cl)C1. The number of pyridine rings is 1. The first kappa shape index (κ1) is 12.3. The van der Waals surface area contributed by atoms with E-state index in [1.54, 1.807) is 18.5 Å². The largest absolute Gasteiger partial charge is 0.328 e. The van der Waals surface area contributed by atoms with Crippen LogP contribution in [0.15, 0.2) is 18.5 Å². The first-order chi connectivity index (χ1) is 8.16. The summed E-state index contributed by atoms with van der Waals surface area (Å²) in [6, 6.07) is 1.80. The molecule has 1 aromatic heterocycles. The summed E-state index contributed by atoms with van der Waals surface area (Å²) in [5, 5.41) is 3.32. The summed E-state index contributed by atoms with van der Waals surface area (Å²) in [4.78, 5) is 15.9. The molecule has 1 fully saturated rings. The van der Waals surface area contributed by atoms with Crippen LogP contribution in [0, 0.1) is 5.92 Å². The number of rotatable bonds is 2. The van der Waals surface area contributed by atoms with Crippen molar-refractivity contribution in [1.82, 2.24) is 4.98 Å². The molecule has 1 saturated carbocycles. The second-order valence-electron chi connectivity index (χ2n) is 4.47.